The summed E-state index contributed by atoms with van der Waals surface area (Å²) in [7, 11) is 0. The van der Waals surface area contributed by atoms with E-state index in [-0.39, 0.29) is 0 Å². The lowest BCUT2D eigenvalue weighted by molar-refractivity contribution is -0.122. The Labute approximate surface area is 61.0 Å². The maximum Gasteiger partial charge on any atom is 0.223 e. The number of hydrogen-bond donors (Lipinski definition) is 1. The van der Waals surface area contributed by atoms with Crippen molar-refractivity contribution < 1.29 is 4.79 Å². The quantitative estimate of drug-likeness (QED) is 0.605. The van der Waals surface area contributed by atoms with Gasteiger partial charge in [0.25, 0.3) is 0 Å². The molecule has 0 aromatic carbocycles. The van der Waals surface area contributed by atoms with Crippen LogP contribution in [0.5, 0.6) is 0 Å². The maximum absolute atomic E-state index is 11.1. The third-order valence-corrected chi connectivity index (χ3v) is 2.39. The van der Waals surface area contributed by atoms with Gasteiger partial charge >= 0.3 is 0 Å². The first-order valence-corrected chi connectivity index (χ1v) is 4.08. The summed E-state index contributed by atoms with van der Waals surface area (Å²) in [4.78, 5) is 11.1. The Morgan fingerprint density at radius 2 is 2.10 bits per heavy atom. The van der Waals surface area contributed by atoms with Crippen molar-refractivity contribution in [2.75, 3.05) is 0 Å². The fourth-order valence-electron chi connectivity index (χ4n) is 1.17. The summed E-state index contributed by atoms with van der Waals surface area (Å²) in [6.45, 7) is 2.18. The molecule has 2 aliphatic carbocycles. The molecule has 0 unspecified atom stereocenters. The van der Waals surface area contributed by atoms with E-state index in [0.717, 1.165) is 18.8 Å². The third-order valence-electron chi connectivity index (χ3n) is 2.39. The highest BCUT2D eigenvalue weighted by Gasteiger charge is 2.38. The Bertz CT molecular complexity index is 163. The highest BCUT2D eigenvalue weighted by Crippen LogP contribution is 2.33. The molecule has 0 spiro atoms. The largest absolute Gasteiger partial charge is 0.353 e. The zero-order valence-corrected chi connectivity index (χ0v) is 6.26. The van der Waals surface area contributed by atoms with Crippen molar-refractivity contribution in [1.82, 2.24) is 5.32 Å². The lowest BCUT2D eigenvalue weighted by atomic mass is 10.4. The van der Waals surface area contributed by atoms with Gasteiger partial charge in [-0.2, -0.15) is 0 Å². The van der Waals surface area contributed by atoms with Gasteiger partial charge in [-0.1, -0.05) is 6.92 Å². The van der Waals surface area contributed by atoms with E-state index in [9.17, 15) is 4.79 Å². The summed E-state index contributed by atoms with van der Waals surface area (Å²) in [6.07, 6.45) is 3.43. The van der Waals surface area contributed by atoms with Gasteiger partial charge in [0, 0.05) is 12.0 Å². The zero-order chi connectivity index (χ0) is 7.14. The third kappa shape index (κ3) is 1.15. The van der Waals surface area contributed by atoms with Crippen LogP contribution < -0.4 is 5.32 Å². The molecular weight excluding hydrogens is 126 g/mol. The molecule has 0 saturated heterocycles. The lowest BCUT2D eigenvalue weighted by Crippen LogP contribution is -2.27. The number of rotatable bonds is 2. The predicted octanol–water partition coefficient (Wildman–Crippen LogP) is 0.921. The fraction of sp³-hybridized carbons (Fsp3) is 0.875. The van der Waals surface area contributed by atoms with Gasteiger partial charge in [0.1, 0.15) is 0 Å². The van der Waals surface area contributed by atoms with Gasteiger partial charge in [-0.25, -0.2) is 0 Å². The molecule has 2 saturated carbocycles. The van der Waals surface area contributed by atoms with E-state index < -0.39 is 0 Å². The van der Waals surface area contributed by atoms with Crippen LogP contribution in [0.2, 0.25) is 0 Å². The fourth-order valence-corrected chi connectivity index (χ4v) is 1.17. The summed E-state index contributed by atoms with van der Waals surface area (Å²) in [5, 5.41) is 3.03. The summed E-state index contributed by atoms with van der Waals surface area (Å²) in [5.74, 6) is 1.42. The van der Waals surface area contributed by atoms with E-state index in [2.05, 4.69) is 12.2 Å². The molecule has 1 amide bonds. The van der Waals surface area contributed by atoms with E-state index in [0.29, 0.717) is 17.9 Å². The van der Waals surface area contributed by atoms with Gasteiger partial charge in [0.15, 0.2) is 0 Å². The standard InChI is InChI=1S/C8H13NO/c1-5-4-7(5)9-8(10)6-2-3-6/h5-7H,2-4H2,1H3,(H,9,10)/t5-,7-/m1/s1. The van der Waals surface area contributed by atoms with Gasteiger partial charge in [0.05, 0.1) is 0 Å². The molecule has 0 aliphatic heterocycles. The molecule has 2 nitrogen and oxygen atoms in total. The first-order chi connectivity index (χ1) is 4.77. The Morgan fingerprint density at radius 3 is 2.50 bits per heavy atom. The molecular formula is C8H13NO. The first kappa shape index (κ1) is 6.20. The van der Waals surface area contributed by atoms with Crippen molar-refractivity contribution >= 4 is 5.91 Å². The molecule has 2 heteroatoms. The normalized spacial score (nSPS) is 37.3. The summed E-state index contributed by atoms with van der Waals surface area (Å²) in [6, 6.07) is 0.521. The number of carbonyl (C=O) groups is 1. The molecule has 10 heavy (non-hydrogen) atoms. The van der Waals surface area contributed by atoms with Crippen LogP contribution in [0.1, 0.15) is 26.2 Å². The highest BCUT2D eigenvalue weighted by atomic mass is 16.2. The molecule has 0 heterocycles. The van der Waals surface area contributed by atoms with Gasteiger partial charge in [-0.05, 0) is 25.2 Å². The van der Waals surface area contributed by atoms with Crippen LogP contribution in [-0.4, -0.2) is 11.9 Å². The summed E-state index contributed by atoms with van der Waals surface area (Å²) < 4.78 is 0. The SMILES string of the molecule is C[C@@H]1C[C@H]1NC(=O)C1CC1. The van der Waals surface area contributed by atoms with Crippen molar-refractivity contribution in [3.8, 4) is 0 Å². The number of nitrogens with one attached hydrogen (secondary N) is 1. The average Bonchev–Trinajstić information content (AvgIpc) is 2.66. The molecule has 1 N–H and O–H groups in total. The van der Waals surface area contributed by atoms with Crippen molar-refractivity contribution in [1.29, 1.82) is 0 Å². The monoisotopic (exact) mass is 139 g/mol. The topological polar surface area (TPSA) is 29.1 Å². The van der Waals surface area contributed by atoms with Crippen molar-refractivity contribution in [2.45, 2.75) is 32.2 Å². The Kier molecular flexibility index (Phi) is 1.22. The second kappa shape index (κ2) is 1.97. The summed E-state index contributed by atoms with van der Waals surface area (Å²) >= 11 is 0. The molecule has 0 aromatic rings. The second-order valence-electron chi connectivity index (χ2n) is 3.60. The number of carbonyl (C=O) groups excluding carboxylic acids is 1. The lowest BCUT2D eigenvalue weighted by Gasteiger charge is -1.99. The molecule has 56 valence electrons. The molecule has 0 bridgehead atoms. The van der Waals surface area contributed by atoms with Crippen LogP contribution in [0.4, 0.5) is 0 Å². The smallest absolute Gasteiger partial charge is 0.223 e. The Morgan fingerprint density at radius 1 is 1.50 bits per heavy atom. The average molecular weight is 139 g/mol. The van der Waals surface area contributed by atoms with Crippen molar-refractivity contribution in [3.63, 3.8) is 0 Å². The van der Waals surface area contributed by atoms with E-state index >= 15 is 0 Å². The van der Waals surface area contributed by atoms with Gasteiger partial charge in [0.2, 0.25) is 5.91 Å². The molecule has 2 aliphatic rings. The van der Waals surface area contributed by atoms with Gasteiger partial charge in [-0.15, -0.1) is 0 Å². The number of hydrogen-bond acceptors (Lipinski definition) is 1. The van der Waals surface area contributed by atoms with E-state index in [1.807, 2.05) is 0 Å². The highest BCUT2D eigenvalue weighted by molar-refractivity contribution is 5.81. The summed E-state index contributed by atoms with van der Waals surface area (Å²) in [5.41, 5.74) is 0. The van der Waals surface area contributed by atoms with Crippen LogP contribution in [0.15, 0.2) is 0 Å². The van der Waals surface area contributed by atoms with Crippen LogP contribution in [-0.2, 0) is 4.79 Å². The molecule has 0 radical (unpaired) electrons. The second-order valence-corrected chi connectivity index (χ2v) is 3.60. The minimum absolute atomic E-state index is 0.300. The minimum atomic E-state index is 0.300. The molecule has 0 aromatic heterocycles. The predicted molar refractivity (Wildman–Crippen MR) is 38.4 cm³/mol. The Balaban J connectivity index is 1.74. The van der Waals surface area contributed by atoms with Crippen molar-refractivity contribution in [2.24, 2.45) is 11.8 Å². The van der Waals surface area contributed by atoms with Crippen LogP contribution in [0, 0.1) is 11.8 Å². The van der Waals surface area contributed by atoms with Crippen LogP contribution in [0.3, 0.4) is 0 Å². The Hall–Kier alpha value is -0.530. The van der Waals surface area contributed by atoms with Gasteiger partial charge in [-0.3, -0.25) is 4.79 Å². The minimum Gasteiger partial charge on any atom is -0.353 e. The van der Waals surface area contributed by atoms with Crippen LogP contribution in [0.25, 0.3) is 0 Å². The van der Waals surface area contributed by atoms with E-state index in [4.69, 9.17) is 0 Å². The van der Waals surface area contributed by atoms with E-state index in [1.165, 1.54) is 6.42 Å². The van der Waals surface area contributed by atoms with Crippen molar-refractivity contribution in [3.05, 3.63) is 0 Å². The van der Waals surface area contributed by atoms with E-state index in [1.54, 1.807) is 0 Å². The zero-order valence-electron chi connectivity index (χ0n) is 6.26. The number of amides is 1. The molecule has 2 rings (SSSR count). The van der Waals surface area contributed by atoms with Gasteiger partial charge < -0.3 is 5.32 Å². The maximum atomic E-state index is 11.1. The molecule has 2 atom stereocenters. The van der Waals surface area contributed by atoms with Crippen LogP contribution >= 0.6 is 0 Å². The molecule has 2 fully saturated rings. The first-order valence-electron chi connectivity index (χ1n) is 4.08.